The van der Waals surface area contributed by atoms with Gasteiger partial charge in [0.05, 0.1) is 19.3 Å². The summed E-state index contributed by atoms with van der Waals surface area (Å²) in [6.45, 7) is 0.198. The molecule has 3 N–H and O–H groups in total. The second kappa shape index (κ2) is 10.3. The van der Waals surface area contributed by atoms with E-state index in [9.17, 15) is 13.9 Å². The van der Waals surface area contributed by atoms with Crippen LogP contribution in [0.1, 0.15) is 44.6 Å². The number of halogens is 2. The molecule has 1 aromatic rings. The number of ether oxygens (including phenoxy) is 2. The predicted molar refractivity (Wildman–Crippen MR) is 100 cm³/mol. The van der Waals surface area contributed by atoms with E-state index in [2.05, 4.69) is 20.4 Å². The minimum absolute atomic E-state index is 0.0660. The third-order valence-corrected chi connectivity index (χ3v) is 4.60. The molecule has 2 rings (SSSR count). The van der Waals surface area contributed by atoms with Crippen LogP contribution in [0, 0.1) is 0 Å². The summed E-state index contributed by atoms with van der Waals surface area (Å²) in [5, 5.41) is 16.9. The van der Waals surface area contributed by atoms with Crippen molar-refractivity contribution in [2.75, 3.05) is 20.2 Å². The molecular weight excluding hydrogens is 356 g/mol. The summed E-state index contributed by atoms with van der Waals surface area (Å²) in [7, 11) is 1.51. The first-order valence-electron chi connectivity index (χ1n) is 9.32. The SMILES string of the molecule is CCNC(=NCc1cc(OC)ccc1OC(F)F)NCC1(O)CCCCC1. The lowest BCUT2D eigenvalue weighted by Gasteiger charge is -2.32. The fraction of sp³-hybridized carbons (Fsp3) is 0.632. The van der Waals surface area contributed by atoms with Crippen molar-refractivity contribution >= 4 is 5.96 Å². The molecule has 0 heterocycles. The quantitative estimate of drug-likeness (QED) is 0.474. The van der Waals surface area contributed by atoms with E-state index in [0.29, 0.717) is 30.4 Å². The number of nitrogens with one attached hydrogen (secondary N) is 2. The number of rotatable bonds is 8. The van der Waals surface area contributed by atoms with Crippen molar-refractivity contribution in [2.24, 2.45) is 4.99 Å². The molecule has 1 saturated carbocycles. The molecule has 0 atom stereocenters. The van der Waals surface area contributed by atoms with Gasteiger partial charge in [-0.2, -0.15) is 8.78 Å². The molecule has 8 heteroatoms. The van der Waals surface area contributed by atoms with Gasteiger partial charge in [-0.15, -0.1) is 0 Å². The number of hydrogen-bond acceptors (Lipinski definition) is 4. The first-order chi connectivity index (χ1) is 13.0. The van der Waals surface area contributed by atoms with Crippen LogP contribution >= 0.6 is 0 Å². The number of aliphatic imine (C=N–C) groups is 1. The van der Waals surface area contributed by atoms with Crippen molar-refractivity contribution in [3.05, 3.63) is 23.8 Å². The normalized spacial score (nSPS) is 16.9. The Labute approximate surface area is 159 Å². The zero-order chi connectivity index (χ0) is 19.7. The Hall–Kier alpha value is -2.09. The van der Waals surface area contributed by atoms with E-state index >= 15 is 0 Å². The number of alkyl halides is 2. The molecule has 0 unspecified atom stereocenters. The summed E-state index contributed by atoms with van der Waals surface area (Å²) in [5.74, 6) is 1.12. The molecular formula is C19H29F2N3O3. The van der Waals surface area contributed by atoms with E-state index in [-0.39, 0.29) is 12.3 Å². The van der Waals surface area contributed by atoms with E-state index in [1.165, 1.54) is 13.2 Å². The number of benzene rings is 1. The molecule has 152 valence electrons. The van der Waals surface area contributed by atoms with Gasteiger partial charge in [0.2, 0.25) is 0 Å². The van der Waals surface area contributed by atoms with Gasteiger partial charge in [0.25, 0.3) is 0 Å². The van der Waals surface area contributed by atoms with Crippen molar-refractivity contribution in [2.45, 2.75) is 57.8 Å². The van der Waals surface area contributed by atoms with Crippen LogP contribution in [0.15, 0.2) is 23.2 Å². The first kappa shape index (κ1) is 21.2. The number of hydrogen-bond donors (Lipinski definition) is 3. The van der Waals surface area contributed by atoms with E-state index in [4.69, 9.17) is 4.74 Å². The van der Waals surface area contributed by atoms with Crippen molar-refractivity contribution in [3.8, 4) is 11.5 Å². The molecule has 1 aromatic carbocycles. The van der Waals surface area contributed by atoms with Gasteiger partial charge >= 0.3 is 6.61 Å². The fourth-order valence-electron chi connectivity index (χ4n) is 3.16. The lowest BCUT2D eigenvalue weighted by atomic mass is 9.85. The van der Waals surface area contributed by atoms with Crippen LogP contribution in [-0.4, -0.2) is 43.5 Å². The van der Waals surface area contributed by atoms with Crippen molar-refractivity contribution in [1.29, 1.82) is 0 Å². The zero-order valence-electron chi connectivity index (χ0n) is 15.9. The topological polar surface area (TPSA) is 75.1 Å². The van der Waals surface area contributed by atoms with Gasteiger partial charge in [0, 0.05) is 18.7 Å². The predicted octanol–water partition coefficient (Wildman–Crippen LogP) is 3.05. The molecule has 0 aromatic heterocycles. The molecule has 27 heavy (non-hydrogen) atoms. The molecule has 0 bridgehead atoms. The van der Waals surface area contributed by atoms with Gasteiger partial charge in [0.1, 0.15) is 11.5 Å². The molecule has 1 fully saturated rings. The highest BCUT2D eigenvalue weighted by molar-refractivity contribution is 5.79. The summed E-state index contributed by atoms with van der Waals surface area (Å²) >= 11 is 0. The third kappa shape index (κ3) is 6.86. The summed E-state index contributed by atoms with van der Waals surface area (Å²) in [6.07, 6.45) is 4.72. The molecule has 0 saturated heterocycles. The molecule has 1 aliphatic carbocycles. The molecule has 0 aliphatic heterocycles. The lowest BCUT2D eigenvalue weighted by Crippen LogP contribution is -2.48. The summed E-state index contributed by atoms with van der Waals surface area (Å²) in [4.78, 5) is 4.45. The van der Waals surface area contributed by atoms with Crippen LogP contribution in [0.25, 0.3) is 0 Å². The Bertz CT molecular complexity index is 620. The largest absolute Gasteiger partial charge is 0.497 e. The van der Waals surface area contributed by atoms with Gasteiger partial charge in [-0.25, -0.2) is 4.99 Å². The third-order valence-electron chi connectivity index (χ3n) is 4.60. The second-order valence-corrected chi connectivity index (χ2v) is 6.69. The monoisotopic (exact) mass is 385 g/mol. The summed E-state index contributed by atoms with van der Waals surface area (Å²) in [5.41, 5.74) is -0.239. The highest BCUT2D eigenvalue weighted by Crippen LogP contribution is 2.28. The number of nitrogens with zero attached hydrogens (tertiary/aromatic N) is 1. The van der Waals surface area contributed by atoms with Gasteiger partial charge in [0.15, 0.2) is 5.96 Å². The first-order valence-corrected chi connectivity index (χ1v) is 9.32. The highest BCUT2D eigenvalue weighted by Gasteiger charge is 2.29. The lowest BCUT2D eigenvalue weighted by molar-refractivity contribution is -0.0504. The maximum Gasteiger partial charge on any atom is 0.387 e. The van der Waals surface area contributed by atoms with Crippen LogP contribution in [-0.2, 0) is 6.54 Å². The van der Waals surface area contributed by atoms with Crippen LogP contribution < -0.4 is 20.1 Å². The molecule has 0 amide bonds. The van der Waals surface area contributed by atoms with Gasteiger partial charge in [-0.05, 0) is 38.0 Å². The molecule has 1 aliphatic rings. The van der Waals surface area contributed by atoms with Crippen LogP contribution in [0.4, 0.5) is 8.78 Å². The average Bonchev–Trinajstić information content (AvgIpc) is 2.65. The average molecular weight is 385 g/mol. The Morgan fingerprint density at radius 2 is 2.00 bits per heavy atom. The Morgan fingerprint density at radius 1 is 1.26 bits per heavy atom. The van der Waals surface area contributed by atoms with E-state index in [0.717, 1.165) is 32.1 Å². The minimum Gasteiger partial charge on any atom is -0.497 e. The van der Waals surface area contributed by atoms with Crippen molar-refractivity contribution < 1.29 is 23.4 Å². The molecule has 0 spiro atoms. The maximum absolute atomic E-state index is 12.6. The minimum atomic E-state index is -2.91. The van der Waals surface area contributed by atoms with Gasteiger partial charge < -0.3 is 25.2 Å². The zero-order valence-corrected chi connectivity index (χ0v) is 15.9. The van der Waals surface area contributed by atoms with Crippen LogP contribution in [0.2, 0.25) is 0 Å². The van der Waals surface area contributed by atoms with E-state index in [1.54, 1.807) is 12.1 Å². The highest BCUT2D eigenvalue weighted by atomic mass is 19.3. The van der Waals surface area contributed by atoms with Gasteiger partial charge in [-0.1, -0.05) is 19.3 Å². The summed E-state index contributed by atoms with van der Waals surface area (Å²) < 4.78 is 35.0. The number of guanidine groups is 1. The van der Waals surface area contributed by atoms with Crippen molar-refractivity contribution in [3.63, 3.8) is 0 Å². The second-order valence-electron chi connectivity index (χ2n) is 6.69. The Morgan fingerprint density at radius 3 is 2.63 bits per heavy atom. The number of methoxy groups -OCH3 is 1. The van der Waals surface area contributed by atoms with Crippen molar-refractivity contribution in [1.82, 2.24) is 10.6 Å². The van der Waals surface area contributed by atoms with E-state index < -0.39 is 12.2 Å². The Kier molecular flexibility index (Phi) is 8.09. The molecule has 0 radical (unpaired) electrons. The van der Waals surface area contributed by atoms with Crippen LogP contribution in [0.5, 0.6) is 11.5 Å². The standard InChI is InChI=1S/C19H29F2N3O3/c1-3-22-18(24-13-19(25)9-5-4-6-10-19)23-12-14-11-15(26-2)7-8-16(14)27-17(20)21/h7-8,11,17,25H,3-6,9-10,12-13H2,1-2H3,(H2,22,23,24). The Balaban J connectivity index is 2.08. The number of aliphatic hydroxyl groups is 1. The molecule has 6 nitrogen and oxygen atoms in total. The smallest absolute Gasteiger partial charge is 0.387 e. The van der Waals surface area contributed by atoms with Crippen LogP contribution in [0.3, 0.4) is 0 Å². The fourth-order valence-corrected chi connectivity index (χ4v) is 3.16. The summed E-state index contributed by atoms with van der Waals surface area (Å²) in [6, 6.07) is 4.63. The maximum atomic E-state index is 12.6. The van der Waals surface area contributed by atoms with E-state index in [1.807, 2.05) is 6.92 Å². The van der Waals surface area contributed by atoms with Gasteiger partial charge in [-0.3, -0.25) is 0 Å².